The van der Waals surface area contributed by atoms with Crippen molar-refractivity contribution in [3.63, 3.8) is 0 Å². The average molecular weight is 257 g/mol. The van der Waals surface area contributed by atoms with Crippen LogP contribution in [0.3, 0.4) is 0 Å². The number of hydrogen-bond acceptors (Lipinski definition) is 3. The van der Waals surface area contributed by atoms with Gasteiger partial charge in [0.05, 0.1) is 11.1 Å². The molecule has 96 valence electrons. The van der Waals surface area contributed by atoms with Crippen LogP contribution < -0.4 is 5.32 Å². The van der Waals surface area contributed by atoms with E-state index in [-0.39, 0.29) is 17.3 Å². The zero-order chi connectivity index (χ0) is 13.3. The molecule has 1 heterocycles. The predicted molar refractivity (Wildman–Crippen MR) is 66.8 cm³/mol. The molecule has 19 heavy (non-hydrogen) atoms. The lowest BCUT2D eigenvalue weighted by molar-refractivity contribution is 0.0930. The molecule has 0 aliphatic heterocycles. The molecular weight excluding hydrogens is 245 g/mol. The molecule has 0 radical (unpaired) electrons. The van der Waals surface area contributed by atoms with Gasteiger partial charge in [-0.25, -0.2) is 14.4 Å². The fourth-order valence-corrected chi connectivity index (χ4v) is 2.09. The number of amides is 1. The first kappa shape index (κ1) is 11.8. The molecule has 0 unspecified atom stereocenters. The minimum atomic E-state index is -0.360. The van der Waals surface area contributed by atoms with Crippen molar-refractivity contribution in [3.05, 3.63) is 59.9 Å². The van der Waals surface area contributed by atoms with Gasteiger partial charge in [-0.05, 0) is 30.5 Å². The second kappa shape index (κ2) is 4.42. The first-order valence-corrected chi connectivity index (χ1v) is 6.03. The Hall–Kier alpha value is -2.30. The third-order valence-electron chi connectivity index (χ3n) is 3.32. The lowest BCUT2D eigenvalue weighted by Gasteiger charge is -2.17. The smallest absolute Gasteiger partial charge is 0.255 e. The molecule has 5 heteroatoms. The highest BCUT2D eigenvalue weighted by atomic mass is 19.1. The Bertz CT molecular complexity index is 594. The van der Waals surface area contributed by atoms with E-state index in [0.717, 1.165) is 18.4 Å². The summed E-state index contributed by atoms with van der Waals surface area (Å²) >= 11 is 0. The van der Waals surface area contributed by atoms with Crippen LogP contribution in [0.15, 0.2) is 43.0 Å². The van der Waals surface area contributed by atoms with Crippen molar-refractivity contribution in [2.75, 3.05) is 0 Å². The summed E-state index contributed by atoms with van der Waals surface area (Å²) in [5.41, 5.74) is 0.996. The number of aromatic nitrogens is 2. The van der Waals surface area contributed by atoms with Crippen LogP contribution in [0.25, 0.3) is 0 Å². The zero-order valence-electron chi connectivity index (χ0n) is 10.1. The Labute approximate surface area is 109 Å². The van der Waals surface area contributed by atoms with Crippen molar-refractivity contribution in [3.8, 4) is 0 Å². The van der Waals surface area contributed by atoms with Gasteiger partial charge in [0.2, 0.25) is 0 Å². The molecule has 1 aliphatic rings. The highest BCUT2D eigenvalue weighted by Gasteiger charge is 2.45. The van der Waals surface area contributed by atoms with E-state index in [4.69, 9.17) is 0 Å². The predicted octanol–water partition coefficient (Wildman–Crippen LogP) is 2.03. The van der Waals surface area contributed by atoms with Gasteiger partial charge in [-0.2, -0.15) is 0 Å². The van der Waals surface area contributed by atoms with E-state index in [2.05, 4.69) is 15.3 Å². The number of carbonyl (C=O) groups excluding carboxylic acids is 1. The monoisotopic (exact) mass is 257 g/mol. The molecule has 1 amide bonds. The number of halogens is 1. The SMILES string of the molecule is O=C(NC1(c2ccc(F)cc2)CC1)c1cncnc1. The van der Waals surface area contributed by atoms with Gasteiger partial charge in [-0.15, -0.1) is 0 Å². The van der Waals surface area contributed by atoms with E-state index in [1.165, 1.54) is 30.9 Å². The van der Waals surface area contributed by atoms with Crippen molar-refractivity contribution in [2.45, 2.75) is 18.4 Å². The number of nitrogens with one attached hydrogen (secondary N) is 1. The van der Waals surface area contributed by atoms with Crippen molar-refractivity contribution in [1.82, 2.24) is 15.3 Å². The van der Waals surface area contributed by atoms with E-state index in [0.29, 0.717) is 5.56 Å². The fraction of sp³-hybridized carbons (Fsp3) is 0.214. The summed E-state index contributed by atoms with van der Waals surface area (Å²) in [5.74, 6) is -0.482. The molecule has 0 spiro atoms. The van der Waals surface area contributed by atoms with Gasteiger partial charge >= 0.3 is 0 Å². The Kier molecular flexibility index (Phi) is 2.74. The Morgan fingerprint density at radius 3 is 2.37 bits per heavy atom. The van der Waals surface area contributed by atoms with Gasteiger partial charge in [0.1, 0.15) is 12.1 Å². The minimum Gasteiger partial charge on any atom is -0.342 e. The number of nitrogens with zero attached hydrogens (tertiary/aromatic N) is 2. The van der Waals surface area contributed by atoms with Gasteiger partial charge in [-0.1, -0.05) is 12.1 Å². The molecule has 1 fully saturated rings. The maximum Gasteiger partial charge on any atom is 0.255 e. The molecule has 1 aromatic heterocycles. The molecule has 1 N–H and O–H groups in total. The molecule has 1 saturated carbocycles. The third kappa shape index (κ3) is 2.31. The van der Waals surface area contributed by atoms with Crippen LogP contribution in [0.5, 0.6) is 0 Å². The standard InChI is InChI=1S/C14H12FN3O/c15-12-3-1-11(2-4-12)14(5-6-14)18-13(19)10-7-16-9-17-8-10/h1-4,7-9H,5-6H2,(H,18,19). The van der Waals surface area contributed by atoms with Crippen molar-refractivity contribution >= 4 is 5.91 Å². The first-order chi connectivity index (χ1) is 9.20. The van der Waals surface area contributed by atoms with Gasteiger partial charge < -0.3 is 5.32 Å². The largest absolute Gasteiger partial charge is 0.342 e. The van der Waals surface area contributed by atoms with Gasteiger partial charge in [0, 0.05) is 12.4 Å². The molecule has 1 aliphatic carbocycles. The molecule has 0 atom stereocenters. The van der Waals surface area contributed by atoms with Crippen LogP contribution in [0.2, 0.25) is 0 Å². The highest BCUT2D eigenvalue weighted by Crippen LogP contribution is 2.45. The van der Waals surface area contributed by atoms with E-state index in [1.54, 1.807) is 12.1 Å². The summed E-state index contributed by atoms with van der Waals surface area (Å²) in [6.07, 6.45) is 6.05. The van der Waals surface area contributed by atoms with Crippen molar-refractivity contribution in [2.24, 2.45) is 0 Å². The zero-order valence-corrected chi connectivity index (χ0v) is 10.1. The first-order valence-electron chi connectivity index (χ1n) is 6.03. The molecule has 4 nitrogen and oxygen atoms in total. The second-order valence-corrected chi connectivity index (χ2v) is 4.67. The Morgan fingerprint density at radius 1 is 1.16 bits per heavy atom. The molecule has 0 saturated heterocycles. The van der Waals surface area contributed by atoms with Crippen molar-refractivity contribution < 1.29 is 9.18 Å². The summed E-state index contributed by atoms with van der Waals surface area (Å²) in [4.78, 5) is 19.7. The quantitative estimate of drug-likeness (QED) is 0.915. The Balaban J connectivity index is 1.79. The van der Waals surface area contributed by atoms with Crippen molar-refractivity contribution in [1.29, 1.82) is 0 Å². The number of hydrogen-bond donors (Lipinski definition) is 1. The lowest BCUT2D eigenvalue weighted by atomic mass is 10.0. The van der Waals surface area contributed by atoms with E-state index in [9.17, 15) is 9.18 Å². The van der Waals surface area contributed by atoms with Gasteiger partial charge in [-0.3, -0.25) is 4.79 Å². The average Bonchev–Trinajstić information content (AvgIpc) is 3.21. The topological polar surface area (TPSA) is 54.9 Å². The summed E-state index contributed by atoms with van der Waals surface area (Å²) < 4.78 is 12.9. The van der Waals surface area contributed by atoms with Gasteiger partial charge in [0.25, 0.3) is 5.91 Å². The molecule has 1 aromatic carbocycles. The second-order valence-electron chi connectivity index (χ2n) is 4.67. The van der Waals surface area contributed by atoms with Crippen LogP contribution >= 0.6 is 0 Å². The van der Waals surface area contributed by atoms with E-state index < -0.39 is 0 Å². The maximum absolute atomic E-state index is 12.9. The summed E-state index contributed by atoms with van der Waals surface area (Å²) in [6.45, 7) is 0. The molecular formula is C14H12FN3O. The normalized spacial score (nSPS) is 15.8. The van der Waals surface area contributed by atoms with Crippen LogP contribution in [0.4, 0.5) is 4.39 Å². The van der Waals surface area contributed by atoms with Gasteiger partial charge in [0.15, 0.2) is 0 Å². The number of benzene rings is 1. The summed E-state index contributed by atoms with van der Waals surface area (Å²) in [5, 5.41) is 2.98. The lowest BCUT2D eigenvalue weighted by Crippen LogP contribution is -2.34. The molecule has 3 rings (SSSR count). The third-order valence-corrected chi connectivity index (χ3v) is 3.32. The van der Waals surface area contributed by atoms with Crippen LogP contribution in [-0.2, 0) is 5.54 Å². The van der Waals surface area contributed by atoms with Crippen LogP contribution in [-0.4, -0.2) is 15.9 Å². The summed E-state index contributed by atoms with van der Waals surface area (Å²) in [6, 6.07) is 6.24. The summed E-state index contributed by atoms with van der Waals surface area (Å²) in [7, 11) is 0. The maximum atomic E-state index is 12.9. The number of carbonyl (C=O) groups is 1. The minimum absolute atomic E-state index is 0.206. The number of rotatable bonds is 3. The van der Waals surface area contributed by atoms with Crippen LogP contribution in [0, 0.1) is 5.82 Å². The van der Waals surface area contributed by atoms with Crippen LogP contribution in [0.1, 0.15) is 28.8 Å². The molecule has 2 aromatic rings. The van der Waals surface area contributed by atoms with E-state index >= 15 is 0 Å². The Morgan fingerprint density at radius 2 is 1.79 bits per heavy atom. The fourth-order valence-electron chi connectivity index (χ4n) is 2.09. The highest BCUT2D eigenvalue weighted by molar-refractivity contribution is 5.94. The molecule has 0 bridgehead atoms. The van der Waals surface area contributed by atoms with E-state index in [1.807, 2.05) is 0 Å².